The molecule has 1 N–H and O–H groups in total. The average molecular weight is 176 g/mol. The first-order valence-corrected chi connectivity index (χ1v) is 4.86. The third-order valence-corrected chi connectivity index (χ3v) is 3.30. The van der Waals surface area contributed by atoms with Crippen LogP contribution in [-0.2, 0) is 4.79 Å². The lowest BCUT2D eigenvalue weighted by Gasteiger charge is -1.92. The number of carbonyl (C=O) groups excluding carboxylic acids is 1. The summed E-state index contributed by atoms with van der Waals surface area (Å²) in [5.74, 6) is 2.09. The van der Waals surface area contributed by atoms with Crippen molar-refractivity contribution in [2.75, 3.05) is 11.5 Å². The molecule has 0 aromatic heterocycles. The number of nitrogens with zero attached hydrogens (tertiary/aromatic N) is 1. The molecule has 0 aliphatic carbocycles. The van der Waals surface area contributed by atoms with Crippen molar-refractivity contribution < 1.29 is 4.79 Å². The number of amides is 1. The van der Waals surface area contributed by atoms with Gasteiger partial charge in [0.15, 0.2) is 0 Å². The first kappa shape index (κ1) is 7.94. The molecule has 1 aliphatic rings. The molecule has 1 rings (SSSR count). The van der Waals surface area contributed by atoms with Crippen LogP contribution in [0.1, 0.15) is 6.92 Å². The number of rotatable bonds is 1. The zero-order valence-electron chi connectivity index (χ0n) is 5.59. The molecule has 0 aromatic rings. The van der Waals surface area contributed by atoms with E-state index in [-0.39, 0.29) is 5.91 Å². The van der Waals surface area contributed by atoms with E-state index in [0.717, 1.165) is 15.9 Å². The topological polar surface area (TPSA) is 41.5 Å². The molecule has 0 atom stereocenters. The Morgan fingerprint density at radius 3 is 2.70 bits per heavy atom. The van der Waals surface area contributed by atoms with Crippen LogP contribution in [-0.4, -0.2) is 21.8 Å². The molecular weight excluding hydrogens is 168 g/mol. The van der Waals surface area contributed by atoms with Crippen LogP contribution in [0.4, 0.5) is 0 Å². The van der Waals surface area contributed by atoms with Gasteiger partial charge < -0.3 is 0 Å². The minimum Gasteiger partial charge on any atom is -0.274 e. The smallest absolute Gasteiger partial charge is 0.236 e. The standard InChI is InChI=1S/C5H8N2OS2/c1-4(8)6-7-5-9-2-3-10-5/h2-3H2,1H3,(H,6,8). The predicted molar refractivity (Wildman–Crippen MR) is 46.2 cm³/mol. The molecular formula is C5H8N2OS2. The monoisotopic (exact) mass is 176 g/mol. The van der Waals surface area contributed by atoms with Crippen molar-refractivity contribution in [3.63, 3.8) is 0 Å². The molecule has 0 aromatic carbocycles. The number of nitrogens with one attached hydrogen (secondary N) is 1. The molecule has 1 saturated heterocycles. The Hall–Kier alpha value is -0.160. The van der Waals surface area contributed by atoms with Gasteiger partial charge in [0.2, 0.25) is 5.91 Å². The SMILES string of the molecule is CC(=O)NN=C1SCCS1. The van der Waals surface area contributed by atoms with E-state index < -0.39 is 0 Å². The Morgan fingerprint density at radius 2 is 2.20 bits per heavy atom. The van der Waals surface area contributed by atoms with Crippen LogP contribution in [0.25, 0.3) is 0 Å². The molecule has 0 unspecified atom stereocenters. The first-order chi connectivity index (χ1) is 4.79. The van der Waals surface area contributed by atoms with Crippen LogP contribution in [0.15, 0.2) is 5.10 Å². The molecule has 56 valence electrons. The molecule has 3 nitrogen and oxygen atoms in total. The summed E-state index contributed by atoms with van der Waals surface area (Å²) in [5, 5.41) is 3.87. The molecule has 0 saturated carbocycles. The Morgan fingerprint density at radius 1 is 1.60 bits per heavy atom. The third kappa shape index (κ3) is 2.62. The van der Waals surface area contributed by atoms with E-state index in [1.807, 2.05) is 0 Å². The van der Waals surface area contributed by atoms with E-state index in [0.29, 0.717) is 0 Å². The summed E-state index contributed by atoms with van der Waals surface area (Å²) in [5.41, 5.74) is 2.39. The highest BCUT2D eigenvalue weighted by Crippen LogP contribution is 2.25. The Bertz CT molecular complexity index is 161. The number of hydrazone groups is 1. The van der Waals surface area contributed by atoms with Gasteiger partial charge >= 0.3 is 0 Å². The van der Waals surface area contributed by atoms with Crippen LogP contribution >= 0.6 is 23.5 Å². The van der Waals surface area contributed by atoms with E-state index in [1.54, 1.807) is 23.5 Å². The second kappa shape index (κ2) is 3.88. The van der Waals surface area contributed by atoms with Gasteiger partial charge in [0, 0.05) is 18.4 Å². The maximum Gasteiger partial charge on any atom is 0.236 e. The molecule has 1 fully saturated rings. The van der Waals surface area contributed by atoms with Crippen molar-refractivity contribution in [1.29, 1.82) is 0 Å². The van der Waals surface area contributed by atoms with Gasteiger partial charge in [-0.2, -0.15) is 5.10 Å². The highest BCUT2D eigenvalue weighted by molar-refractivity contribution is 8.41. The minimum absolute atomic E-state index is 0.111. The first-order valence-electron chi connectivity index (χ1n) is 2.89. The lowest BCUT2D eigenvalue weighted by molar-refractivity contribution is -0.118. The minimum atomic E-state index is -0.111. The Balaban J connectivity index is 2.31. The number of thioether (sulfide) groups is 2. The number of hydrogen-bond donors (Lipinski definition) is 1. The molecule has 1 aliphatic heterocycles. The summed E-state index contributed by atoms with van der Waals surface area (Å²) >= 11 is 3.37. The largest absolute Gasteiger partial charge is 0.274 e. The second-order valence-corrected chi connectivity index (χ2v) is 4.17. The fraction of sp³-hybridized carbons (Fsp3) is 0.600. The van der Waals surface area contributed by atoms with Crippen molar-refractivity contribution in [3.05, 3.63) is 0 Å². The van der Waals surface area contributed by atoms with Gasteiger partial charge in [0.1, 0.15) is 4.38 Å². The maximum atomic E-state index is 10.4. The molecule has 0 bridgehead atoms. The molecule has 1 heterocycles. The molecule has 0 radical (unpaired) electrons. The van der Waals surface area contributed by atoms with Crippen LogP contribution in [0.3, 0.4) is 0 Å². The third-order valence-electron chi connectivity index (χ3n) is 0.839. The Kier molecular flexibility index (Phi) is 3.08. The fourth-order valence-corrected chi connectivity index (χ4v) is 2.56. The van der Waals surface area contributed by atoms with Gasteiger partial charge in [0.05, 0.1) is 0 Å². The van der Waals surface area contributed by atoms with Crippen molar-refractivity contribution in [2.24, 2.45) is 5.10 Å². The number of carbonyl (C=O) groups is 1. The fourth-order valence-electron chi connectivity index (χ4n) is 0.489. The van der Waals surface area contributed by atoms with Gasteiger partial charge in [-0.25, -0.2) is 5.43 Å². The normalized spacial score (nSPS) is 17.1. The summed E-state index contributed by atoms with van der Waals surface area (Å²) < 4.78 is 0.968. The van der Waals surface area contributed by atoms with Gasteiger partial charge in [-0.1, -0.05) is 23.5 Å². The van der Waals surface area contributed by atoms with Gasteiger partial charge in [-0.15, -0.1) is 0 Å². The quantitative estimate of drug-likeness (QED) is 0.603. The van der Waals surface area contributed by atoms with E-state index in [1.165, 1.54) is 6.92 Å². The molecule has 0 spiro atoms. The Labute approximate surface area is 68.0 Å². The zero-order valence-corrected chi connectivity index (χ0v) is 7.22. The summed E-state index contributed by atoms with van der Waals surface area (Å²) in [6.07, 6.45) is 0. The zero-order chi connectivity index (χ0) is 7.40. The van der Waals surface area contributed by atoms with E-state index >= 15 is 0 Å². The highest BCUT2D eigenvalue weighted by Gasteiger charge is 2.08. The summed E-state index contributed by atoms with van der Waals surface area (Å²) in [6, 6.07) is 0. The van der Waals surface area contributed by atoms with Crippen molar-refractivity contribution >= 4 is 33.8 Å². The summed E-state index contributed by atoms with van der Waals surface area (Å²) in [6.45, 7) is 1.45. The van der Waals surface area contributed by atoms with Crippen molar-refractivity contribution in [2.45, 2.75) is 6.92 Å². The summed E-state index contributed by atoms with van der Waals surface area (Å²) in [7, 11) is 0. The van der Waals surface area contributed by atoms with Crippen molar-refractivity contribution in [1.82, 2.24) is 5.43 Å². The van der Waals surface area contributed by atoms with Crippen molar-refractivity contribution in [3.8, 4) is 0 Å². The average Bonchev–Trinajstić information content (AvgIpc) is 2.34. The summed E-state index contributed by atoms with van der Waals surface area (Å²) in [4.78, 5) is 10.4. The molecule has 10 heavy (non-hydrogen) atoms. The lowest BCUT2D eigenvalue weighted by Crippen LogP contribution is -2.12. The predicted octanol–water partition coefficient (Wildman–Crippen LogP) is 0.873. The second-order valence-electron chi connectivity index (χ2n) is 1.74. The lowest BCUT2D eigenvalue weighted by atomic mass is 10.8. The van der Waals surface area contributed by atoms with E-state index in [4.69, 9.17) is 0 Å². The van der Waals surface area contributed by atoms with Crippen LogP contribution in [0, 0.1) is 0 Å². The maximum absolute atomic E-state index is 10.4. The molecule has 5 heteroatoms. The van der Waals surface area contributed by atoms with Crippen LogP contribution in [0.2, 0.25) is 0 Å². The highest BCUT2D eigenvalue weighted by atomic mass is 32.2. The van der Waals surface area contributed by atoms with Crippen LogP contribution < -0.4 is 5.43 Å². The van der Waals surface area contributed by atoms with Gasteiger partial charge in [-0.05, 0) is 0 Å². The van der Waals surface area contributed by atoms with Gasteiger partial charge in [-0.3, -0.25) is 4.79 Å². The molecule has 1 amide bonds. The number of hydrogen-bond acceptors (Lipinski definition) is 4. The van der Waals surface area contributed by atoms with Gasteiger partial charge in [0.25, 0.3) is 0 Å². The van der Waals surface area contributed by atoms with E-state index in [2.05, 4.69) is 10.5 Å². The van der Waals surface area contributed by atoms with E-state index in [9.17, 15) is 4.79 Å². The van der Waals surface area contributed by atoms with Crippen LogP contribution in [0.5, 0.6) is 0 Å².